The molecule has 0 bridgehead atoms. The van der Waals surface area contributed by atoms with Gasteiger partial charge in [-0.05, 0) is 24.4 Å². The summed E-state index contributed by atoms with van der Waals surface area (Å²) in [6, 6.07) is 4.68. The van der Waals surface area contributed by atoms with Gasteiger partial charge < -0.3 is 4.57 Å². The molecule has 1 unspecified atom stereocenters. The minimum absolute atomic E-state index is 0.0285. The van der Waals surface area contributed by atoms with Crippen LogP contribution in [-0.2, 0) is 7.05 Å². The van der Waals surface area contributed by atoms with Gasteiger partial charge in [0.05, 0.1) is 4.90 Å². The third-order valence-electron chi connectivity index (χ3n) is 3.17. The predicted octanol–water partition coefficient (Wildman–Crippen LogP) is 3.73. The minimum Gasteiger partial charge on any atom is -0.317 e. The lowest BCUT2D eigenvalue weighted by Crippen LogP contribution is -2.30. The number of pyridine rings is 1. The van der Waals surface area contributed by atoms with E-state index in [0.717, 1.165) is 22.4 Å². The van der Waals surface area contributed by atoms with Crippen molar-refractivity contribution in [1.29, 1.82) is 0 Å². The quantitative estimate of drug-likeness (QED) is 0.677. The average Bonchev–Trinajstić information content (AvgIpc) is 2.45. The fraction of sp³-hybridized carbons (Fsp3) is 0.267. The number of hydrogen-bond donors (Lipinski definition) is 1. The van der Waals surface area contributed by atoms with Gasteiger partial charge in [0.2, 0.25) is 0 Å². The smallest absolute Gasteiger partial charge is 0.317 e. The van der Waals surface area contributed by atoms with Gasteiger partial charge in [-0.15, -0.1) is 0 Å². The first-order valence-electron chi connectivity index (χ1n) is 6.60. The number of benzene rings is 1. The second-order valence-corrected chi connectivity index (χ2v) is 5.92. The van der Waals surface area contributed by atoms with Crippen molar-refractivity contribution >= 4 is 11.9 Å². The molecule has 0 aliphatic rings. The Balaban J connectivity index is 2.25. The van der Waals surface area contributed by atoms with Crippen LogP contribution in [0.1, 0.15) is 17.2 Å². The molecule has 0 spiro atoms. The lowest BCUT2D eigenvalue weighted by molar-refractivity contribution is -0.152. The molecule has 1 atom stereocenters. The Labute approximate surface area is 134 Å². The molecule has 23 heavy (non-hydrogen) atoms. The second-order valence-electron chi connectivity index (χ2n) is 5.04. The Hall–Kier alpha value is -1.80. The van der Waals surface area contributed by atoms with Crippen LogP contribution >= 0.6 is 11.9 Å². The summed E-state index contributed by atoms with van der Waals surface area (Å²) in [6.45, 7) is 1.77. The normalized spacial score (nSPS) is 13.1. The van der Waals surface area contributed by atoms with Gasteiger partial charge in [-0.25, -0.2) is 9.11 Å². The Bertz CT molecular complexity index is 741. The number of hydrogen-bond acceptors (Lipinski definition) is 3. The largest absolute Gasteiger partial charge is 0.408 e. The van der Waals surface area contributed by atoms with E-state index in [4.69, 9.17) is 0 Å². The van der Waals surface area contributed by atoms with E-state index < -0.39 is 23.6 Å². The lowest BCUT2D eigenvalue weighted by Gasteiger charge is -2.21. The van der Waals surface area contributed by atoms with Crippen molar-refractivity contribution in [3.05, 3.63) is 63.8 Å². The fourth-order valence-corrected chi connectivity index (χ4v) is 2.74. The number of aromatic nitrogens is 1. The number of aryl methyl sites for hydroxylation is 2. The van der Waals surface area contributed by atoms with Crippen molar-refractivity contribution in [2.24, 2.45) is 7.05 Å². The summed E-state index contributed by atoms with van der Waals surface area (Å²) in [4.78, 5) is 11.2. The van der Waals surface area contributed by atoms with Crippen LogP contribution in [0.15, 0.2) is 46.2 Å². The van der Waals surface area contributed by atoms with E-state index in [1.54, 1.807) is 19.1 Å². The molecule has 2 rings (SSSR count). The highest BCUT2D eigenvalue weighted by Crippen LogP contribution is 2.35. The Kier molecular flexibility index (Phi) is 5.16. The maximum absolute atomic E-state index is 13.7. The summed E-state index contributed by atoms with van der Waals surface area (Å²) in [5.74, 6) is -0.865. The minimum atomic E-state index is -4.54. The van der Waals surface area contributed by atoms with Gasteiger partial charge in [-0.1, -0.05) is 29.8 Å². The van der Waals surface area contributed by atoms with Crippen LogP contribution in [0.4, 0.5) is 17.6 Å². The molecule has 1 aromatic carbocycles. The molecule has 3 nitrogen and oxygen atoms in total. The standard InChI is InChI=1S/C15H14F4N2OS/c1-9-3-5-10(6-4-9)14(15(17,18)19)20-23-12-8-21(2)13(22)7-11(12)16/h3-8,14,20H,1-2H3. The Morgan fingerprint density at radius 3 is 2.39 bits per heavy atom. The van der Waals surface area contributed by atoms with Gasteiger partial charge in [0, 0.05) is 19.3 Å². The highest BCUT2D eigenvalue weighted by molar-refractivity contribution is 7.97. The molecule has 0 radical (unpaired) electrons. The topological polar surface area (TPSA) is 34.0 Å². The third kappa shape index (κ3) is 4.35. The van der Waals surface area contributed by atoms with E-state index in [2.05, 4.69) is 4.72 Å². The van der Waals surface area contributed by atoms with E-state index in [1.807, 2.05) is 0 Å². The summed E-state index contributed by atoms with van der Waals surface area (Å²) in [5, 5.41) is 0. The molecular weight excluding hydrogens is 332 g/mol. The van der Waals surface area contributed by atoms with Crippen molar-refractivity contribution in [3.63, 3.8) is 0 Å². The van der Waals surface area contributed by atoms with Crippen LogP contribution in [-0.4, -0.2) is 10.7 Å². The molecule has 1 N–H and O–H groups in total. The molecule has 124 valence electrons. The van der Waals surface area contributed by atoms with Gasteiger partial charge in [-0.2, -0.15) is 13.2 Å². The van der Waals surface area contributed by atoms with Gasteiger partial charge in [-0.3, -0.25) is 4.79 Å². The van der Waals surface area contributed by atoms with Crippen LogP contribution in [0.5, 0.6) is 0 Å². The molecule has 0 aliphatic carbocycles. The number of rotatable bonds is 4. The van der Waals surface area contributed by atoms with E-state index in [9.17, 15) is 22.4 Å². The highest BCUT2D eigenvalue weighted by Gasteiger charge is 2.41. The Morgan fingerprint density at radius 2 is 1.83 bits per heavy atom. The molecule has 1 aromatic heterocycles. The van der Waals surface area contributed by atoms with Crippen molar-refractivity contribution < 1.29 is 17.6 Å². The predicted molar refractivity (Wildman–Crippen MR) is 80.6 cm³/mol. The van der Waals surface area contributed by atoms with Gasteiger partial charge in [0.1, 0.15) is 11.9 Å². The zero-order chi connectivity index (χ0) is 17.2. The van der Waals surface area contributed by atoms with Gasteiger partial charge in [0.15, 0.2) is 0 Å². The summed E-state index contributed by atoms with van der Waals surface area (Å²) in [7, 11) is 1.40. The van der Waals surface area contributed by atoms with Crippen LogP contribution in [0.2, 0.25) is 0 Å². The van der Waals surface area contributed by atoms with Gasteiger partial charge in [0.25, 0.3) is 5.56 Å². The van der Waals surface area contributed by atoms with E-state index in [0.29, 0.717) is 11.9 Å². The van der Waals surface area contributed by atoms with Gasteiger partial charge >= 0.3 is 6.18 Å². The second kappa shape index (κ2) is 6.76. The van der Waals surface area contributed by atoms with Crippen molar-refractivity contribution in [2.45, 2.75) is 24.0 Å². The molecule has 0 saturated carbocycles. The molecule has 2 aromatic rings. The van der Waals surface area contributed by atoms with Crippen LogP contribution in [0.3, 0.4) is 0 Å². The van der Waals surface area contributed by atoms with Crippen molar-refractivity contribution in [2.75, 3.05) is 0 Å². The number of alkyl halides is 3. The fourth-order valence-electron chi connectivity index (χ4n) is 1.86. The van der Waals surface area contributed by atoms with Crippen LogP contribution < -0.4 is 10.3 Å². The van der Waals surface area contributed by atoms with E-state index in [1.165, 1.54) is 19.2 Å². The molecule has 1 heterocycles. The first-order valence-corrected chi connectivity index (χ1v) is 7.42. The molecule has 0 aliphatic heterocycles. The van der Waals surface area contributed by atoms with Crippen molar-refractivity contribution in [3.8, 4) is 0 Å². The number of nitrogens with zero attached hydrogens (tertiary/aromatic N) is 1. The first kappa shape index (κ1) is 17.6. The Morgan fingerprint density at radius 1 is 1.22 bits per heavy atom. The van der Waals surface area contributed by atoms with Crippen molar-refractivity contribution in [1.82, 2.24) is 9.29 Å². The molecule has 8 heteroatoms. The highest BCUT2D eigenvalue weighted by atomic mass is 32.2. The third-order valence-corrected chi connectivity index (χ3v) is 4.04. The monoisotopic (exact) mass is 346 g/mol. The summed E-state index contributed by atoms with van der Waals surface area (Å²) < 4.78 is 56.7. The summed E-state index contributed by atoms with van der Waals surface area (Å²) in [5.41, 5.74) is 0.296. The summed E-state index contributed by atoms with van der Waals surface area (Å²) in [6.07, 6.45) is -3.39. The first-order chi connectivity index (χ1) is 10.7. The maximum atomic E-state index is 13.7. The van der Waals surface area contributed by atoms with E-state index in [-0.39, 0.29) is 10.5 Å². The molecular formula is C15H14F4N2OS. The summed E-state index contributed by atoms with van der Waals surface area (Å²) >= 11 is 0.499. The molecule has 0 saturated heterocycles. The lowest BCUT2D eigenvalue weighted by atomic mass is 10.1. The molecule has 0 amide bonds. The zero-order valence-electron chi connectivity index (χ0n) is 12.3. The van der Waals surface area contributed by atoms with Crippen LogP contribution in [0.25, 0.3) is 0 Å². The van der Waals surface area contributed by atoms with E-state index >= 15 is 0 Å². The van der Waals surface area contributed by atoms with Crippen LogP contribution in [0, 0.1) is 12.7 Å². The number of halogens is 4. The maximum Gasteiger partial charge on any atom is 0.408 e. The SMILES string of the molecule is Cc1ccc(C(NSc2cn(C)c(=O)cc2F)C(F)(F)F)cc1. The molecule has 0 fully saturated rings. The number of nitrogens with one attached hydrogen (secondary N) is 1. The zero-order valence-corrected chi connectivity index (χ0v) is 13.1. The average molecular weight is 346 g/mol.